The van der Waals surface area contributed by atoms with Gasteiger partial charge in [0.1, 0.15) is 5.58 Å². The quantitative estimate of drug-likeness (QED) is 0.725. The number of fused-ring (bicyclic) bond motifs is 2. The number of anilines is 2. The third-order valence-corrected chi connectivity index (χ3v) is 5.26. The molecule has 4 rings (SSSR count). The van der Waals surface area contributed by atoms with Gasteiger partial charge < -0.3 is 14.6 Å². The molecule has 138 valence electrons. The first-order chi connectivity index (χ1) is 12.9. The SMILES string of the molecule is CC(=O)N1c2ccc(NC(=O)c3oc4c(C)cccc4c3C)cc2CC1C. The van der Waals surface area contributed by atoms with Crippen LogP contribution in [0.3, 0.4) is 0 Å². The third-order valence-electron chi connectivity index (χ3n) is 5.26. The second kappa shape index (κ2) is 6.27. The summed E-state index contributed by atoms with van der Waals surface area (Å²) < 4.78 is 5.86. The summed E-state index contributed by atoms with van der Waals surface area (Å²) in [6.07, 6.45) is 0.779. The van der Waals surface area contributed by atoms with Crippen molar-refractivity contribution in [3.05, 3.63) is 58.8 Å². The van der Waals surface area contributed by atoms with Gasteiger partial charge in [0.15, 0.2) is 5.76 Å². The Labute approximate surface area is 158 Å². The Balaban J connectivity index is 1.63. The van der Waals surface area contributed by atoms with Crippen molar-refractivity contribution in [2.24, 2.45) is 0 Å². The molecule has 0 radical (unpaired) electrons. The number of carbonyl (C=O) groups is 2. The van der Waals surface area contributed by atoms with Crippen molar-refractivity contribution in [1.82, 2.24) is 0 Å². The highest BCUT2D eigenvalue weighted by Gasteiger charge is 2.29. The molecule has 1 aliphatic rings. The molecule has 27 heavy (non-hydrogen) atoms. The number of furan rings is 1. The van der Waals surface area contributed by atoms with Crippen LogP contribution in [0.4, 0.5) is 11.4 Å². The first-order valence-electron chi connectivity index (χ1n) is 9.09. The van der Waals surface area contributed by atoms with E-state index in [1.807, 2.05) is 57.2 Å². The lowest BCUT2D eigenvalue weighted by Crippen LogP contribution is -2.33. The fraction of sp³-hybridized carbons (Fsp3) is 0.273. The van der Waals surface area contributed by atoms with Crippen LogP contribution in [0.5, 0.6) is 0 Å². The van der Waals surface area contributed by atoms with Crippen LogP contribution >= 0.6 is 0 Å². The summed E-state index contributed by atoms with van der Waals surface area (Å²) in [5.41, 5.74) is 5.28. The number of aryl methyl sites for hydroxylation is 2. The summed E-state index contributed by atoms with van der Waals surface area (Å²) in [5, 5.41) is 3.89. The van der Waals surface area contributed by atoms with Crippen molar-refractivity contribution >= 4 is 34.2 Å². The van der Waals surface area contributed by atoms with Crippen molar-refractivity contribution in [1.29, 1.82) is 0 Å². The Morgan fingerprint density at radius 1 is 1.19 bits per heavy atom. The Bertz CT molecular complexity index is 1080. The van der Waals surface area contributed by atoms with Gasteiger partial charge in [-0.3, -0.25) is 9.59 Å². The summed E-state index contributed by atoms with van der Waals surface area (Å²) in [7, 11) is 0. The minimum atomic E-state index is -0.266. The largest absolute Gasteiger partial charge is 0.450 e. The van der Waals surface area contributed by atoms with Gasteiger partial charge in [0.2, 0.25) is 5.91 Å². The average molecular weight is 362 g/mol. The van der Waals surface area contributed by atoms with E-state index >= 15 is 0 Å². The van der Waals surface area contributed by atoms with Crippen LogP contribution < -0.4 is 10.2 Å². The van der Waals surface area contributed by atoms with E-state index in [4.69, 9.17) is 4.42 Å². The standard InChI is InChI=1S/C22H22N2O3/c1-12-6-5-7-18-14(3)21(27-20(12)18)22(26)23-17-8-9-19-16(11-17)10-13(2)24(19)15(4)25/h5-9,11,13H,10H2,1-4H3,(H,23,26). The number of nitrogens with zero attached hydrogens (tertiary/aromatic N) is 1. The van der Waals surface area contributed by atoms with Gasteiger partial charge in [-0.15, -0.1) is 0 Å². The third kappa shape index (κ3) is 2.79. The van der Waals surface area contributed by atoms with Gasteiger partial charge in [0, 0.05) is 35.3 Å². The first-order valence-corrected chi connectivity index (χ1v) is 9.09. The highest BCUT2D eigenvalue weighted by Crippen LogP contribution is 2.34. The normalized spacial score (nSPS) is 15.9. The highest BCUT2D eigenvalue weighted by atomic mass is 16.3. The van der Waals surface area contributed by atoms with Crippen molar-refractivity contribution < 1.29 is 14.0 Å². The number of benzene rings is 2. The lowest BCUT2D eigenvalue weighted by molar-refractivity contribution is -0.116. The van der Waals surface area contributed by atoms with E-state index in [1.165, 1.54) is 0 Å². The molecule has 1 N–H and O–H groups in total. The molecule has 0 aliphatic carbocycles. The Kier molecular flexibility index (Phi) is 4.02. The van der Waals surface area contributed by atoms with Crippen LogP contribution in [0.2, 0.25) is 0 Å². The molecule has 2 amide bonds. The summed E-state index contributed by atoms with van der Waals surface area (Å²) in [6, 6.07) is 11.7. The molecule has 1 atom stereocenters. The van der Waals surface area contributed by atoms with E-state index in [-0.39, 0.29) is 17.9 Å². The number of rotatable bonds is 2. The van der Waals surface area contributed by atoms with Gasteiger partial charge in [-0.05, 0) is 56.5 Å². The van der Waals surface area contributed by atoms with E-state index in [9.17, 15) is 9.59 Å². The molecule has 5 nitrogen and oxygen atoms in total. The number of amides is 2. The second-order valence-corrected chi connectivity index (χ2v) is 7.25. The van der Waals surface area contributed by atoms with Gasteiger partial charge in [-0.1, -0.05) is 18.2 Å². The summed E-state index contributed by atoms with van der Waals surface area (Å²) in [4.78, 5) is 26.4. The summed E-state index contributed by atoms with van der Waals surface area (Å²) in [6.45, 7) is 7.47. The number of hydrogen-bond acceptors (Lipinski definition) is 3. The highest BCUT2D eigenvalue weighted by molar-refractivity contribution is 6.07. The topological polar surface area (TPSA) is 62.6 Å². The first kappa shape index (κ1) is 17.3. The molecule has 2 aromatic carbocycles. The zero-order chi connectivity index (χ0) is 19.3. The number of carbonyl (C=O) groups excluding carboxylic acids is 2. The molecule has 0 saturated heterocycles. The molecule has 1 aliphatic heterocycles. The maximum atomic E-state index is 12.8. The summed E-state index contributed by atoms with van der Waals surface area (Å²) >= 11 is 0. The predicted octanol–water partition coefficient (Wildman–Crippen LogP) is 4.60. The van der Waals surface area contributed by atoms with Crippen molar-refractivity contribution in [3.8, 4) is 0 Å². The zero-order valence-electron chi connectivity index (χ0n) is 15.9. The molecule has 5 heteroatoms. The van der Waals surface area contributed by atoms with Gasteiger partial charge in [0.05, 0.1) is 0 Å². The molecule has 0 spiro atoms. The maximum absolute atomic E-state index is 12.8. The Morgan fingerprint density at radius 2 is 1.96 bits per heavy atom. The molecular weight excluding hydrogens is 340 g/mol. The van der Waals surface area contributed by atoms with Crippen LogP contribution in [0.15, 0.2) is 40.8 Å². The van der Waals surface area contributed by atoms with E-state index in [2.05, 4.69) is 5.32 Å². The lowest BCUT2D eigenvalue weighted by atomic mass is 10.1. The fourth-order valence-electron chi connectivity index (χ4n) is 3.98. The van der Waals surface area contributed by atoms with Gasteiger partial charge in [-0.2, -0.15) is 0 Å². The van der Waals surface area contributed by atoms with E-state index in [0.717, 1.165) is 39.8 Å². The molecule has 0 saturated carbocycles. The minimum Gasteiger partial charge on any atom is -0.450 e. The van der Waals surface area contributed by atoms with Gasteiger partial charge >= 0.3 is 0 Å². The van der Waals surface area contributed by atoms with Crippen LogP contribution in [0.25, 0.3) is 11.0 Å². The van der Waals surface area contributed by atoms with Crippen LogP contribution in [0.1, 0.15) is 41.1 Å². The minimum absolute atomic E-state index is 0.0336. The Morgan fingerprint density at radius 3 is 2.67 bits per heavy atom. The van der Waals surface area contributed by atoms with Gasteiger partial charge in [-0.25, -0.2) is 0 Å². The molecule has 0 bridgehead atoms. The molecule has 1 aromatic heterocycles. The second-order valence-electron chi connectivity index (χ2n) is 7.25. The van der Waals surface area contributed by atoms with Crippen molar-refractivity contribution in [3.63, 3.8) is 0 Å². The molecule has 1 unspecified atom stereocenters. The Hall–Kier alpha value is -3.08. The molecule has 2 heterocycles. The molecule has 3 aromatic rings. The number of hydrogen-bond donors (Lipinski definition) is 1. The van der Waals surface area contributed by atoms with Crippen molar-refractivity contribution in [2.75, 3.05) is 10.2 Å². The molecular formula is C22H22N2O3. The fourth-order valence-corrected chi connectivity index (χ4v) is 3.98. The smallest absolute Gasteiger partial charge is 0.291 e. The van der Waals surface area contributed by atoms with E-state index in [0.29, 0.717) is 11.4 Å². The van der Waals surface area contributed by atoms with E-state index < -0.39 is 0 Å². The number of nitrogens with one attached hydrogen (secondary N) is 1. The lowest BCUT2D eigenvalue weighted by Gasteiger charge is -2.20. The maximum Gasteiger partial charge on any atom is 0.291 e. The van der Waals surface area contributed by atoms with Crippen molar-refractivity contribution in [2.45, 2.75) is 40.2 Å². The number of para-hydroxylation sites is 1. The summed E-state index contributed by atoms with van der Waals surface area (Å²) in [5.74, 6) is 0.0994. The monoisotopic (exact) mass is 362 g/mol. The zero-order valence-corrected chi connectivity index (χ0v) is 15.9. The molecule has 0 fully saturated rings. The van der Waals surface area contributed by atoms with Crippen LogP contribution in [0, 0.1) is 13.8 Å². The van der Waals surface area contributed by atoms with Gasteiger partial charge in [0.25, 0.3) is 5.91 Å². The van der Waals surface area contributed by atoms with E-state index in [1.54, 1.807) is 11.8 Å². The average Bonchev–Trinajstić information content (AvgIpc) is 3.12. The predicted molar refractivity (Wildman–Crippen MR) is 106 cm³/mol. The van der Waals surface area contributed by atoms with Crippen LogP contribution in [-0.2, 0) is 11.2 Å². The van der Waals surface area contributed by atoms with Crippen LogP contribution in [-0.4, -0.2) is 17.9 Å².